The molecule has 0 unspecified atom stereocenters. The number of anilines is 1. The van der Waals surface area contributed by atoms with E-state index >= 15 is 0 Å². The van der Waals surface area contributed by atoms with E-state index < -0.39 is 0 Å². The van der Waals surface area contributed by atoms with Crippen LogP contribution in [0.5, 0.6) is 11.5 Å². The minimum atomic E-state index is -0.0492. The summed E-state index contributed by atoms with van der Waals surface area (Å²) in [5.74, 6) is 1.41. The molecule has 0 radical (unpaired) electrons. The third kappa shape index (κ3) is 5.46. The van der Waals surface area contributed by atoms with Crippen LogP contribution < -0.4 is 9.64 Å². The minimum absolute atomic E-state index is 0.0492. The molecule has 1 aromatic heterocycles. The van der Waals surface area contributed by atoms with Gasteiger partial charge in [-0.2, -0.15) is 0 Å². The summed E-state index contributed by atoms with van der Waals surface area (Å²) in [4.78, 5) is 22.7. The Labute approximate surface area is 205 Å². The highest BCUT2D eigenvalue weighted by atomic mass is 32.1. The van der Waals surface area contributed by atoms with Crippen LogP contribution in [0.15, 0.2) is 66.7 Å². The largest absolute Gasteiger partial charge is 0.457 e. The van der Waals surface area contributed by atoms with Gasteiger partial charge in [-0.05, 0) is 80.5 Å². The molecule has 34 heavy (non-hydrogen) atoms. The predicted molar refractivity (Wildman–Crippen MR) is 142 cm³/mol. The molecule has 0 spiro atoms. The highest BCUT2D eigenvalue weighted by Crippen LogP contribution is 2.32. The van der Waals surface area contributed by atoms with E-state index in [-0.39, 0.29) is 5.91 Å². The zero-order chi connectivity index (χ0) is 24.1. The fourth-order valence-electron chi connectivity index (χ4n) is 3.99. The highest BCUT2D eigenvalue weighted by Gasteiger charge is 2.22. The van der Waals surface area contributed by atoms with Crippen LogP contribution in [0.2, 0.25) is 0 Å². The first-order valence-corrected chi connectivity index (χ1v) is 12.5. The Kier molecular flexibility index (Phi) is 7.60. The summed E-state index contributed by atoms with van der Waals surface area (Å²) >= 11 is 1.58. The third-order valence-corrected chi connectivity index (χ3v) is 6.93. The van der Waals surface area contributed by atoms with Gasteiger partial charge < -0.3 is 9.64 Å². The second kappa shape index (κ2) is 10.8. The number of thiazole rings is 1. The van der Waals surface area contributed by atoms with Gasteiger partial charge in [-0.1, -0.05) is 49.4 Å². The van der Waals surface area contributed by atoms with Crippen LogP contribution >= 0.6 is 11.3 Å². The number of ether oxygens (including phenoxy) is 1. The van der Waals surface area contributed by atoms with Crippen molar-refractivity contribution in [2.45, 2.75) is 27.7 Å². The lowest BCUT2D eigenvalue weighted by atomic mass is 10.1. The molecule has 1 amide bonds. The van der Waals surface area contributed by atoms with Crippen molar-refractivity contribution < 1.29 is 9.53 Å². The first-order valence-electron chi connectivity index (χ1n) is 11.7. The van der Waals surface area contributed by atoms with Crippen molar-refractivity contribution in [1.82, 2.24) is 9.88 Å². The number of carbonyl (C=O) groups excluding carboxylic acids is 1. The van der Waals surface area contributed by atoms with E-state index in [0.29, 0.717) is 17.9 Å². The average Bonchev–Trinajstić information content (AvgIpc) is 3.27. The van der Waals surface area contributed by atoms with Gasteiger partial charge in [0, 0.05) is 18.7 Å². The third-order valence-electron chi connectivity index (χ3n) is 5.91. The summed E-state index contributed by atoms with van der Waals surface area (Å²) in [6.45, 7) is 11.7. The fraction of sp³-hybridized carbons (Fsp3) is 0.286. The topological polar surface area (TPSA) is 45.7 Å². The smallest absolute Gasteiger partial charge is 0.260 e. The SMILES string of the molecule is CCN(CC)CCN(C(=O)c1ccc(Oc2ccccc2)cc1)c1nc2c(C)cc(C)cc2s1. The van der Waals surface area contributed by atoms with E-state index in [1.54, 1.807) is 11.3 Å². The van der Waals surface area contributed by atoms with Gasteiger partial charge in [0.1, 0.15) is 11.5 Å². The minimum Gasteiger partial charge on any atom is -0.457 e. The van der Waals surface area contributed by atoms with E-state index in [0.717, 1.165) is 46.3 Å². The van der Waals surface area contributed by atoms with E-state index in [9.17, 15) is 4.79 Å². The van der Waals surface area contributed by atoms with Crippen LogP contribution in [0.4, 0.5) is 5.13 Å². The van der Waals surface area contributed by atoms with Gasteiger partial charge in [0.2, 0.25) is 0 Å². The number of amides is 1. The zero-order valence-corrected chi connectivity index (χ0v) is 21.1. The number of para-hydroxylation sites is 1. The Morgan fingerprint density at radius 1 is 0.912 bits per heavy atom. The fourth-order valence-corrected chi connectivity index (χ4v) is 5.15. The van der Waals surface area contributed by atoms with Gasteiger partial charge in [0.15, 0.2) is 5.13 Å². The number of aryl methyl sites for hydroxylation is 2. The number of nitrogens with zero attached hydrogens (tertiary/aromatic N) is 3. The maximum Gasteiger partial charge on any atom is 0.260 e. The van der Waals surface area contributed by atoms with Crippen LogP contribution in [0.3, 0.4) is 0 Å². The van der Waals surface area contributed by atoms with Crippen LogP contribution in [-0.2, 0) is 0 Å². The van der Waals surface area contributed by atoms with Crippen molar-refractivity contribution in [3.05, 3.63) is 83.4 Å². The molecule has 5 nitrogen and oxygen atoms in total. The highest BCUT2D eigenvalue weighted by molar-refractivity contribution is 7.22. The van der Waals surface area contributed by atoms with Gasteiger partial charge in [-0.15, -0.1) is 0 Å². The Hall–Kier alpha value is -3.22. The Morgan fingerprint density at radius 2 is 1.59 bits per heavy atom. The average molecular weight is 474 g/mol. The lowest BCUT2D eigenvalue weighted by Crippen LogP contribution is -2.38. The number of benzene rings is 3. The molecular formula is C28H31N3O2S. The molecule has 0 aliphatic carbocycles. The first-order chi connectivity index (χ1) is 16.5. The number of rotatable bonds is 9. The molecule has 0 saturated heterocycles. The molecule has 0 saturated carbocycles. The Balaban J connectivity index is 1.61. The molecule has 0 aliphatic heterocycles. The van der Waals surface area contributed by atoms with Crippen molar-refractivity contribution in [3.63, 3.8) is 0 Å². The van der Waals surface area contributed by atoms with E-state index in [1.165, 1.54) is 5.56 Å². The normalized spacial score (nSPS) is 11.2. The number of fused-ring (bicyclic) bond motifs is 1. The van der Waals surface area contributed by atoms with Gasteiger partial charge in [-0.25, -0.2) is 4.98 Å². The van der Waals surface area contributed by atoms with Crippen LogP contribution in [0, 0.1) is 13.8 Å². The van der Waals surface area contributed by atoms with Crippen LogP contribution in [0.1, 0.15) is 35.3 Å². The standard InChI is InChI=1S/C28H31N3O2S/c1-5-30(6-2)16-17-31(28-29-26-21(4)18-20(3)19-25(26)34-28)27(32)22-12-14-24(15-13-22)33-23-10-8-7-9-11-23/h7-15,18-19H,5-6,16-17H2,1-4H3. The lowest BCUT2D eigenvalue weighted by molar-refractivity contribution is 0.0983. The summed E-state index contributed by atoms with van der Waals surface area (Å²) in [5, 5.41) is 0.741. The Morgan fingerprint density at radius 3 is 2.26 bits per heavy atom. The summed E-state index contributed by atoms with van der Waals surface area (Å²) in [6, 6.07) is 21.3. The molecule has 1 heterocycles. The maximum atomic E-state index is 13.7. The summed E-state index contributed by atoms with van der Waals surface area (Å²) in [5.41, 5.74) is 3.93. The molecule has 0 N–H and O–H groups in total. The summed E-state index contributed by atoms with van der Waals surface area (Å²) < 4.78 is 7.00. The zero-order valence-electron chi connectivity index (χ0n) is 20.2. The number of aromatic nitrogens is 1. The van der Waals surface area contributed by atoms with Crippen molar-refractivity contribution in [3.8, 4) is 11.5 Å². The number of hydrogen-bond acceptors (Lipinski definition) is 5. The van der Waals surface area contributed by atoms with Crippen molar-refractivity contribution >= 4 is 32.6 Å². The summed E-state index contributed by atoms with van der Waals surface area (Å²) in [7, 11) is 0. The van der Waals surface area contributed by atoms with E-state index in [4.69, 9.17) is 9.72 Å². The molecule has 4 rings (SSSR count). The predicted octanol–water partition coefficient (Wildman–Crippen LogP) is 6.69. The molecule has 176 valence electrons. The molecule has 0 aliphatic rings. The number of carbonyl (C=O) groups is 1. The first kappa shape index (κ1) is 23.9. The van der Waals surface area contributed by atoms with E-state index in [2.05, 4.69) is 44.7 Å². The van der Waals surface area contributed by atoms with Crippen LogP contribution in [0.25, 0.3) is 10.2 Å². The molecule has 4 aromatic rings. The molecule has 6 heteroatoms. The van der Waals surface area contributed by atoms with Gasteiger partial charge in [0.25, 0.3) is 5.91 Å². The monoisotopic (exact) mass is 473 g/mol. The van der Waals surface area contributed by atoms with Gasteiger partial charge in [-0.3, -0.25) is 9.69 Å². The maximum absolute atomic E-state index is 13.7. The lowest BCUT2D eigenvalue weighted by Gasteiger charge is -2.24. The molecular weight excluding hydrogens is 442 g/mol. The van der Waals surface area contributed by atoms with Gasteiger partial charge in [0.05, 0.1) is 10.2 Å². The molecule has 3 aromatic carbocycles. The quantitative estimate of drug-likeness (QED) is 0.272. The Bertz CT molecular complexity index is 1250. The van der Waals surface area contributed by atoms with Crippen molar-refractivity contribution in [2.24, 2.45) is 0 Å². The van der Waals surface area contributed by atoms with Crippen LogP contribution in [-0.4, -0.2) is 42.0 Å². The van der Waals surface area contributed by atoms with Crippen molar-refractivity contribution in [2.75, 3.05) is 31.1 Å². The van der Waals surface area contributed by atoms with Gasteiger partial charge >= 0.3 is 0 Å². The molecule has 0 bridgehead atoms. The summed E-state index contributed by atoms with van der Waals surface area (Å²) in [6.07, 6.45) is 0. The number of hydrogen-bond donors (Lipinski definition) is 0. The number of likely N-dealkylation sites (N-methyl/N-ethyl adjacent to an activating group) is 1. The second-order valence-corrected chi connectivity index (χ2v) is 9.36. The molecule has 0 fully saturated rings. The van der Waals surface area contributed by atoms with Crippen molar-refractivity contribution in [1.29, 1.82) is 0 Å². The second-order valence-electron chi connectivity index (χ2n) is 8.35. The molecule has 0 atom stereocenters. The van der Waals surface area contributed by atoms with E-state index in [1.807, 2.05) is 59.5 Å².